The molecule has 2 aliphatic rings. The maximum atomic E-state index is 11.6. The third-order valence-corrected chi connectivity index (χ3v) is 15.0. The molecule has 10 N–H and O–H groups in total. The van der Waals surface area contributed by atoms with E-state index in [9.17, 15) is 77.2 Å². The largest absolute Gasteiger partial charge is 2.00 e. The van der Waals surface area contributed by atoms with Crippen LogP contribution in [0.25, 0.3) is 22.3 Å². The molecule has 0 bridgehead atoms. The average Bonchev–Trinajstić information content (AvgIpc) is 3.86. The second-order valence-electron chi connectivity index (χ2n) is 11.9. The molecule has 0 saturated carbocycles. The summed E-state index contributed by atoms with van der Waals surface area (Å²) in [7, 11) is -35.5. The van der Waals surface area contributed by atoms with E-state index in [1.54, 1.807) is 0 Å². The Bertz CT molecular complexity index is 2390. The number of hydrogen-bond donors (Lipinski definition) is 8. The monoisotopic (exact) mass is 1130 g/mol. The molecule has 2 radical (unpaired) electrons. The van der Waals surface area contributed by atoms with Crippen molar-refractivity contribution in [3.63, 3.8) is 0 Å². The number of ether oxygens (including phenoxy) is 2. The Hall–Kier alpha value is -1.68. The fourth-order valence-electron chi connectivity index (χ4n) is 5.21. The van der Waals surface area contributed by atoms with Crippen molar-refractivity contribution >= 4 is 80.9 Å². The van der Waals surface area contributed by atoms with E-state index >= 15 is 0 Å². The second kappa shape index (κ2) is 21.3. The predicted octanol–water partition coefficient (Wildman–Crippen LogP) is -7.05. The van der Waals surface area contributed by atoms with Crippen molar-refractivity contribution in [2.45, 2.75) is 49.1 Å². The Labute approximate surface area is 374 Å². The number of fused-ring (bicyclic) bond motifs is 2. The van der Waals surface area contributed by atoms with Crippen molar-refractivity contribution in [2.24, 2.45) is 0 Å². The quantitative estimate of drug-likeness (QED) is 0.0382. The van der Waals surface area contributed by atoms with Crippen LogP contribution in [0.5, 0.6) is 0 Å². The van der Waals surface area contributed by atoms with Gasteiger partial charge in [-0.25, -0.2) is 47.1 Å². The van der Waals surface area contributed by atoms with Gasteiger partial charge in [0.25, 0.3) is 46.9 Å². The summed E-state index contributed by atoms with van der Waals surface area (Å²) in [6.45, 7) is -2.12. The zero-order chi connectivity index (χ0) is 46.4. The molecule has 0 aromatic carbocycles. The van der Waals surface area contributed by atoms with E-state index in [-0.39, 0.29) is 68.1 Å². The Morgan fingerprint density at radius 1 is 0.547 bits per heavy atom. The van der Waals surface area contributed by atoms with Crippen LogP contribution in [-0.2, 0) is 97.3 Å². The van der Waals surface area contributed by atoms with E-state index in [4.69, 9.17) is 30.7 Å². The summed E-state index contributed by atoms with van der Waals surface area (Å²) in [5.74, 6) is 0.0479. The van der Waals surface area contributed by atoms with Gasteiger partial charge in [-0.1, -0.05) is 0 Å². The fraction of sp³-hybridized carbons (Fsp3) is 0.500. The Morgan fingerprint density at radius 2 is 0.875 bits per heavy atom. The van der Waals surface area contributed by atoms with Gasteiger partial charge in [0.1, 0.15) is 60.3 Å². The molecule has 4 aromatic heterocycles. The summed E-state index contributed by atoms with van der Waals surface area (Å²) < 4.78 is 101. The number of nitrogen functional groups attached to an aromatic ring is 2. The molecule has 6 rings (SSSR count). The normalized spacial score (nSPS) is 29.1. The Morgan fingerprint density at radius 3 is 1.19 bits per heavy atom. The predicted molar refractivity (Wildman–Crippen MR) is 178 cm³/mol. The van der Waals surface area contributed by atoms with Crippen LogP contribution in [0.15, 0.2) is 25.3 Å². The van der Waals surface area contributed by atoms with E-state index in [0.29, 0.717) is 0 Å². The second-order valence-corrected chi connectivity index (χ2v) is 20.5. The van der Waals surface area contributed by atoms with Crippen LogP contribution in [0.2, 0.25) is 0 Å². The van der Waals surface area contributed by atoms with Crippen LogP contribution in [0.1, 0.15) is 12.5 Å². The van der Waals surface area contributed by atoms with Gasteiger partial charge in [-0.15, -0.1) is 0 Å². The van der Waals surface area contributed by atoms with Crippen LogP contribution in [-0.4, -0.2) is 119 Å². The zero-order valence-electron chi connectivity index (χ0n) is 30.2. The van der Waals surface area contributed by atoms with Gasteiger partial charge in [-0.05, 0) is 0 Å². The van der Waals surface area contributed by atoms with Crippen molar-refractivity contribution < 1.29 is 157 Å². The number of phosphoric ester groups is 2. The Kier molecular flexibility index (Phi) is 18.9. The van der Waals surface area contributed by atoms with Crippen molar-refractivity contribution in [2.75, 3.05) is 24.7 Å². The topological polar surface area (TPSA) is 575 Å². The Balaban J connectivity index is 0.000000330. The maximum absolute atomic E-state index is 11.6. The minimum absolute atomic E-state index is 0. The van der Waals surface area contributed by atoms with E-state index in [2.05, 4.69) is 56.2 Å². The first-order chi connectivity index (χ1) is 28.4. The minimum Gasteiger partial charge on any atom is -0.756 e. The first kappa shape index (κ1) is 56.6. The molecule has 0 spiro atoms. The van der Waals surface area contributed by atoms with Crippen LogP contribution in [0.3, 0.4) is 0 Å². The molecular weight excluding hydrogens is 1110 g/mol. The van der Waals surface area contributed by atoms with E-state index in [1.165, 1.54) is 21.8 Å². The van der Waals surface area contributed by atoms with Crippen molar-refractivity contribution in [3.05, 3.63) is 25.3 Å². The average molecular weight is 1140 g/mol. The zero-order valence-corrected chi connectivity index (χ0v) is 37.5. The van der Waals surface area contributed by atoms with E-state index in [1.807, 2.05) is 0 Å². The molecule has 366 valence electrons. The van der Waals surface area contributed by atoms with Crippen LogP contribution in [0.4, 0.5) is 11.6 Å². The summed E-state index contributed by atoms with van der Waals surface area (Å²) in [5, 5.41) is 40.7. The molecule has 6 heterocycles. The third-order valence-electron chi connectivity index (χ3n) is 7.60. The molecule has 14 atom stereocenters. The molecule has 36 nitrogen and oxygen atoms in total. The van der Waals surface area contributed by atoms with Crippen molar-refractivity contribution in [1.29, 1.82) is 0 Å². The van der Waals surface area contributed by atoms with Crippen LogP contribution in [0, 0.1) is 0 Å². The van der Waals surface area contributed by atoms with E-state index in [0.717, 1.165) is 12.7 Å². The minimum atomic E-state index is -6.08. The summed E-state index contributed by atoms with van der Waals surface area (Å²) in [6, 6.07) is 0. The van der Waals surface area contributed by atoms with Crippen LogP contribution >= 0.6 is 46.9 Å². The summed E-state index contributed by atoms with van der Waals surface area (Å²) in [6.07, 6.45) is -7.89. The number of anilines is 2. The molecule has 2 saturated heterocycles. The van der Waals surface area contributed by atoms with Gasteiger partial charge in [-0.2, -0.15) is 0 Å². The number of hydrogen-bond acceptors (Lipinski definition) is 32. The van der Waals surface area contributed by atoms with Gasteiger partial charge in [0.2, 0.25) is 0 Å². The summed E-state index contributed by atoms with van der Waals surface area (Å²) >= 11 is 0. The van der Waals surface area contributed by atoms with Gasteiger partial charge in [0, 0.05) is 0 Å². The molecule has 64 heavy (non-hydrogen) atoms. The van der Waals surface area contributed by atoms with E-state index < -0.39 is 109 Å². The fourth-order valence-corrected chi connectivity index (χ4v) is 11.0. The van der Waals surface area contributed by atoms with Gasteiger partial charge >= 0.3 is 34.1 Å². The molecule has 2 aliphatic heterocycles. The molecule has 4 aromatic rings. The summed E-state index contributed by atoms with van der Waals surface area (Å²) in [5.41, 5.74) is 11.9. The maximum Gasteiger partial charge on any atom is 2.00 e. The number of rotatable bonds is 16. The number of aliphatic hydroxyl groups is 4. The van der Waals surface area contributed by atoms with Crippen LogP contribution < -0.4 is 40.8 Å². The number of phosphoric acid groups is 6. The standard InChI is InChI=1S/2C10H16N5O13P3.2Cu/c2*11-8-5-9(13-2-12-8)15(3-14-5)10-7(17)6(16)4(26-10)1-25-30(21,22)28-31(23,24)27-29(18,19)20;;/h2*2-4,6-7,10,16-17H,1H2,(H,21,22)(H,23,24)(H2,11,12,13)(H2,18,19,20);;/q;;2*+2/p-6/t2*4-,6?,7+,10-;;/m11../s1. The van der Waals surface area contributed by atoms with Gasteiger partial charge in [0.15, 0.2) is 35.4 Å². The first-order valence-electron chi connectivity index (χ1n) is 15.7. The van der Waals surface area contributed by atoms with Crippen molar-refractivity contribution in [3.8, 4) is 0 Å². The number of aromatic nitrogens is 8. The SMILES string of the molecule is Nc1ncnc2c1ncn2[C@@H]1O[C@H](COP(=O)([O-])OP(=O)([O-])OP(=O)([O-])O)C(O)[C@@H]1O.Nc1ncnc2c1ncn2[C@@H]1O[C@H](COP(=O)([O-])OP(=O)([O-])OP(=O)([O-])O)C(O)[C@@H]1O.[Cu+2].[Cu+2]. The van der Waals surface area contributed by atoms with Gasteiger partial charge < -0.3 is 89.6 Å². The molecule has 8 unspecified atom stereocenters. The molecule has 0 amide bonds. The number of imidazole rings is 2. The first-order valence-corrected chi connectivity index (χ1v) is 24.6. The van der Waals surface area contributed by atoms with Crippen molar-refractivity contribution in [1.82, 2.24) is 39.0 Å². The van der Waals surface area contributed by atoms with Gasteiger partial charge in [-0.3, -0.25) is 36.5 Å². The number of nitrogens with two attached hydrogens (primary N) is 2. The molecule has 2 fully saturated rings. The van der Waals surface area contributed by atoms with Gasteiger partial charge in [0.05, 0.1) is 25.9 Å². The molecule has 44 heteroatoms. The smallest absolute Gasteiger partial charge is 0.756 e. The molecule has 0 aliphatic carbocycles. The third kappa shape index (κ3) is 14.7. The number of nitrogens with zero attached hydrogens (tertiary/aromatic N) is 8. The molecular formula is C20H26Cu2N10O26P6-2. The summed E-state index contributed by atoms with van der Waals surface area (Å²) in [4.78, 5) is 106. The number of aliphatic hydroxyl groups excluding tert-OH is 4.